The summed E-state index contributed by atoms with van der Waals surface area (Å²) in [4.78, 5) is 21.3. The molecule has 0 fully saturated rings. The summed E-state index contributed by atoms with van der Waals surface area (Å²) in [6.45, 7) is 3.77. The summed E-state index contributed by atoms with van der Waals surface area (Å²) >= 11 is 0. The average Bonchev–Trinajstić information content (AvgIpc) is 2.17. The topological polar surface area (TPSA) is 43.4 Å². The van der Waals surface area contributed by atoms with Gasteiger partial charge in [-0.05, 0) is 25.5 Å². The first-order valence-corrected chi connectivity index (χ1v) is 4.59. The number of rotatable bonds is 3. The highest BCUT2D eigenvalue weighted by Crippen LogP contribution is 2.11. The monoisotopic (exact) mass is 204 g/mol. The lowest BCUT2D eigenvalue weighted by molar-refractivity contribution is 0.0549. The summed E-state index contributed by atoms with van der Waals surface area (Å²) in [5.74, 6) is 1.13. The zero-order valence-electron chi connectivity index (χ0n) is 8.74. The quantitative estimate of drug-likeness (QED) is 0.557. The van der Waals surface area contributed by atoms with Crippen molar-refractivity contribution >= 4 is 11.9 Å². The Labute approximate surface area is 88.4 Å². The van der Waals surface area contributed by atoms with Gasteiger partial charge in [0.25, 0.3) is 0 Å². The molecule has 0 unspecified atom stereocenters. The number of aryl methyl sites for hydroxylation is 2. The predicted molar refractivity (Wildman–Crippen MR) is 56.5 cm³/mol. The van der Waals surface area contributed by atoms with Gasteiger partial charge in [-0.1, -0.05) is 17.7 Å². The Balaban J connectivity index is 2.77. The van der Waals surface area contributed by atoms with Gasteiger partial charge in [0.05, 0.1) is 5.56 Å². The first kappa shape index (κ1) is 11.2. The molecule has 3 nitrogen and oxygen atoms in total. The third kappa shape index (κ3) is 3.08. The second-order valence-electron chi connectivity index (χ2n) is 3.24. The van der Waals surface area contributed by atoms with Crippen molar-refractivity contribution < 1.29 is 14.3 Å². The van der Waals surface area contributed by atoms with Gasteiger partial charge in [-0.15, -0.1) is 0 Å². The van der Waals surface area contributed by atoms with E-state index in [-0.39, 0.29) is 6.61 Å². The summed E-state index contributed by atoms with van der Waals surface area (Å²) in [6.07, 6.45) is 1.13. The van der Waals surface area contributed by atoms with Crippen molar-refractivity contribution in [1.29, 1.82) is 0 Å². The van der Waals surface area contributed by atoms with Crippen LogP contribution in [-0.2, 0) is 9.53 Å². The molecule has 0 radical (unpaired) electrons. The average molecular weight is 204 g/mol. The molecule has 0 aliphatic carbocycles. The molecule has 0 aliphatic heterocycles. The molecule has 0 spiro atoms. The summed E-state index contributed by atoms with van der Waals surface area (Å²) in [6, 6.07) is 5.48. The molecular formula is C12H12O3. The molecule has 0 amide bonds. The first-order chi connectivity index (χ1) is 7.15. The molecule has 15 heavy (non-hydrogen) atoms. The van der Waals surface area contributed by atoms with E-state index in [9.17, 15) is 9.59 Å². The van der Waals surface area contributed by atoms with E-state index in [0.29, 0.717) is 5.56 Å². The van der Waals surface area contributed by atoms with E-state index in [4.69, 9.17) is 4.74 Å². The smallest absolute Gasteiger partial charge is 0.338 e. The number of benzene rings is 1. The third-order valence-corrected chi connectivity index (χ3v) is 1.98. The minimum absolute atomic E-state index is 0.0321. The van der Waals surface area contributed by atoms with Crippen LogP contribution in [0.4, 0.5) is 0 Å². The Morgan fingerprint density at radius 2 is 2.20 bits per heavy atom. The number of carbonyl (C=O) groups excluding carboxylic acids is 2. The maximum atomic E-state index is 11.5. The number of esters is 1. The van der Waals surface area contributed by atoms with Crippen LogP contribution in [0.5, 0.6) is 0 Å². The fourth-order valence-corrected chi connectivity index (χ4v) is 1.27. The van der Waals surface area contributed by atoms with Crippen LogP contribution in [0.3, 0.4) is 0 Å². The van der Waals surface area contributed by atoms with Crippen LogP contribution in [0.25, 0.3) is 0 Å². The lowest BCUT2D eigenvalue weighted by Gasteiger charge is -2.05. The first-order valence-electron chi connectivity index (χ1n) is 4.59. The van der Waals surface area contributed by atoms with Gasteiger partial charge in [0, 0.05) is 6.08 Å². The van der Waals surface area contributed by atoms with Gasteiger partial charge in [0.2, 0.25) is 0 Å². The van der Waals surface area contributed by atoms with Gasteiger partial charge < -0.3 is 4.74 Å². The summed E-state index contributed by atoms with van der Waals surface area (Å²) in [5, 5.41) is 0. The Kier molecular flexibility index (Phi) is 3.83. The van der Waals surface area contributed by atoms with Gasteiger partial charge in [-0.25, -0.2) is 9.59 Å². The largest absolute Gasteiger partial charge is 0.457 e. The van der Waals surface area contributed by atoms with Crippen LogP contribution < -0.4 is 0 Å². The second kappa shape index (κ2) is 5.13. The molecule has 0 saturated carbocycles. The van der Waals surface area contributed by atoms with Crippen LogP contribution in [-0.4, -0.2) is 18.5 Å². The van der Waals surface area contributed by atoms with Gasteiger partial charge in [0.15, 0.2) is 0 Å². The van der Waals surface area contributed by atoms with Crippen LogP contribution in [0.15, 0.2) is 24.3 Å². The van der Waals surface area contributed by atoms with Crippen LogP contribution in [0.2, 0.25) is 0 Å². The minimum atomic E-state index is -0.418. The van der Waals surface area contributed by atoms with Gasteiger partial charge in [-0.2, -0.15) is 0 Å². The normalized spacial score (nSPS) is 9.20. The van der Waals surface area contributed by atoms with Crippen LogP contribution in [0, 0.1) is 13.8 Å². The molecule has 0 heterocycles. The number of carbonyl (C=O) groups is 1. The van der Waals surface area contributed by atoms with Crippen molar-refractivity contribution in [1.82, 2.24) is 0 Å². The Bertz CT molecular complexity index is 415. The number of ether oxygens (including phenoxy) is 1. The minimum Gasteiger partial charge on any atom is -0.457 e. The molecule has 0 N–H and O–H groups in total. The van der Waals surface area contributed by atoms with Gasteiger partial charge >= 0.3 is 5.97 Å². The summed E-state index contributed by atoms with van der Waals surface area (Å²) < 4.78 is 4.83. The molecule has 0 aliphatic rings. The molecule has 0 saturated heterocycles. The molecule has 0 atom stereocenters. The third-order valence-electron chi connectivity index (χ3n) is 1.98. The van der Waals surface area contributed by atoms with Crippen molar-refractivity contribution in [2.75, 3.05) is 6.61 Å². The lowest BCUT2D eigenvalue weighted by atomic mass is 10.1. The molecular weight excluding hydrogens is 192 g/mol. The van der Waals surface area contributed by atoms with E-state index in [0.717, 1.165) is 17.2 Å². The number of hydrogen-bond acceptors (Lipinski definition) is 3. The molecule has 1 aromatic carbocycles. The zero-order chi connectivity index (χ0) is 11.3. The highest BCUT2D eigenvalue weighted by molar-refractivity contribution is 5.91. The van der Waals surface area contributed by atoms with Crippen LogP contribution in [0.1, 0.15) is 21.5 Å². The van der Waals surface area contributed by atoms with Crippen molar-refractivity contribution in [3.05, 3.63) is 41.0 Å². The van der Waals surface area contributed by atoms with E-state index in [2.05, 4.69) is 0 Å². The Hall–Kier alpha value is -1.86. The highest BCUT2D eigenvalue weighted by atomic mass is 16.5. The lowest BCUT2D eigenvalue weighted by Crippen LogP contribution is -2.07. The fourth-order valence-electron chi connectivity index (χ4n) is 1.27. The molecule has 1 rings (SSSR count). The van der Waals surface area contributed by atoms with Crippen LogP contribution >= 0.6 is 0 Å². The van der Waals surface area contributed by atoms with E-state index < -0.39 is 5.97 Å². The predicted octanol–water partition coefficient (Wildman–Crippen LogP) is 1.85. The van der Waals surface area contributed by atoms with E-state index in [1.165, 1.54) is 0 Å². The molecule has 1 aromatic rings. The van der Waals surface area contributed by atoms with Gasteiger partial charge in [0.1, 0.15) is 12.5 Å². The standard InChI is InChI=1S/C12H12O3/c1-9-4-5-11(10(2)8-9)12(14)15-7-3-6-13/h3-5,8H,7H2,1-2H3. The SMILES string of the molecule is Cc1ccc(C(=O)OCC=C=O)c(C)c1. The van der Waals surface area contributed by atoms with Crippen molar-refractivity contribution in [3.63, 3.8) is 0 Å². The van der Waals surface area contributed by atoms with Gasteiger partial charge in [-0.3, -0.25) is 0 Å². The second-order valence-corrected chi connectivity index (χ2v) is 3.24. The maximum absolute atomic E-state index is 11.5. The summed E-state index contributed by atoms with van der Waals surface area (Å²) in [5.41, 5.74) is 2.49. The molecule has 0 aromatic heterocycles. The fraction of sp³-hybridized carbons (Fsp3) is 0.250. The van der Waals surface area contributed by atoms with Crippen molar-refractivity contribution in [2.45, 2.75) is 13.8 Å². The van der Waals surface area contributed by atoms with Crippen molar-refractivity contribution in [2.24, 2.45) is 0 Å². The van der Waals surface area contributed by atoms with E-state index >= 15 is 0 Å². The zero-order valence-corrected chi connectivity index (χ0v) is 8.74. The Morgan fingerprint density at radius 3 is 2.80 bits per heavy atom. The molecule has 0 bridgehead atoms. The maximum Gasteiger partial charge on any atom is 0.338 e. The number of hydrogen-bond donors (Lipinski definition) is 0. The molecule has 78 valence electrons. The van der Waals surface area contributed by atoms with E-state index in [1.807, 2.05) is 26.0 Å². The highest BCUT2D eigenvalue weighted by Gasteiger charge is 2.09. The molecule has 3 heteroatoms. The Morgan fingerprint density at radius 1 is 1.47 bits per heavy atom. The summed E-state index contributed by atoms with van der Waals surface area (Å²) in [7, 11) is 0. The van der Waals surface area contributed by atoms with Crippen molar-refractivity contribution in [3.8, 4) is 0 Å². The van der Waals surface area contributed by atoms with E-state index in [1.54, 1.807) is 12.0 Å².